The monoisotopic (exact) mass is 600 g/mol. The second-order valence-electron chi connectivity index (χ2n) is 13.5. The Morgan fingerprint density at radius 3 is 1.55 bits per heavy atom. The lowest BCUT2D eigenvalue weighted by Crippen LogP contribution is -2.26. The number of ether oxygens (including phenoxy) is 4. The molecule has 0 N–H and O–H groups in total. The fourth-order valence-electron chi connectivity index (χ4n) is 7.46. The van der Waals surface area contributed by atoms with Gasteiger partial charge in [-0.2, -0.15) is 0 Å². The molecule has 4 fully saturated rings. The minimum atomic E-state index is -0.136. The van der Waals surface area contributed by atoms with Crippen molar-refractivity contribution in [1.82, 2.24) is 0 Å². The lowest BCUT2D eigenvalue weighted by Gasteiger charge is -2.31. The number of benzene rings is 2. The highest BCUT2D eigenvalue weighted by Crippen LogP contribution is 2.46. The van der Waals surface area contributed by atoms with Gasteiger partial charge in [-0.3, -0.25) is 4.79 Å². The molecular formula is C39H52O5. The standard InChI is InChI=1S/C39H52O5/c40-37(36(28-29-16-6-1-7-17-29)42-31-20-10-3-11-21-31)34-26-27-35(41-30-18-8-2-9-19-30)39(44-33-24-14-5-15-25-33)38(34)43-32-22-12-4-13-23-32/h1,6-7,16-17,26-28,30-33H,2-5,8-15,18-25H2/b36-28-. The predicted molar refractivity (Wildman–Crippen MR) is 176 cm³/mol. The average Bonchev–Trinajstić information content (AvgIpc) is 3.08. The summed E-state index contributed by atoms with van der Waals surface area (Å²) in [6.07, 6.45) is 24.7. The number of ketones is 1. The highest BCUT2D eigenvalue weighted by Gasteiger charge is 2.32. The van der Waals surface area contributed by atoms with E-state index in [-0.39, 0.29) is 30.2 Å². The summed E-state index contributed by atoms with van der Waals surface area (Å²) in [6.45, 7) is 0. The van der Waals surface area contributed by atoms with E-state index in [1.807, 2.05) is 48.5 Å². The fourth-order valence-corrected chi connectivity index (χ4v) is 7.46. The zero-order valence-corrected chi connectivity index (χ0v) is 26.6. The number of Topliss-reactive ketones (excluding diaryl/α,β-unsaturated/α-hetero) is 1. The lowest BCUT2D eigenvalue weighted by atomic mass is 9.96. The highest BCUT2D eigenvalue weighted by molar-refractivity contribution is 6.12. The molecule has 0 radical (unpaired) electrons. The van der Waals surface area contributed by atoms with Crippen LogP contribution >= 0.6 is 0 Å². The average molecular weight is 601 g/mol. The van der Waals surface area contributed by atoms with Crippen LogP contribution in [0.1, 0.15) is 144 Å². The Morgan fingerprint density at radius 1 is 0.523 bits per heavy atom. The summed E-state index contributed by atoms with van der Waals surface area (Å²) in [5, 5.41) is 0. The third-order valence-electron chi connectivity index (χ3n) is 10.0. The lowest BCUT2D eigenvalue weighted by molar-refractivity contribution is 0.0641. The number of allylic oxidation sites excluding steroid dienone is 1. The molecule has 238 valence electrons. The van der Waals surface area contributed by atoms with E-state index in [1.54, 1.807) is 0 Å². The highest BCUT2D eigenvalue weighted by atomic mass is 16.6. The molecule has 4 saturated carbocycles. The predicted octanol–water partition coefficient (Wildman–Crippen LogP) is 10.4. The van der Waals surface area contributed by atoms with E-state index in [4.69, 9.17) is 18.9 Å². The number of hydrogen-bond donors (Lipinski definition) is 0. The van der Waals surface area contributed by atoms with Crippen molar-refractivity contribution in [2.45, 2.75) is 153 Å². The van der Waals surface area contributed by atoms with Crippen LogP contribution < -0.4 is 14.2 Å². The molecule has 0 amide bonds. The topological polar surface area (TPSA) is 54.0 Å². The Morgan fingerprint density at radius 2 is 1.00 bits per heavy atom. The van der Waals surface area contributed by atoms with Gasteiger partial charge in [0.15, 0.2) is 17.3 Å². The maximum absolute atomic E-state index is 14.7. The molecule has 5 heteroatoms. The molecule has 0 bridgehead atoms. The minimum Gasteiger partial charge on any atom is -0.486 e. The van der Waals surface area contributed by atoms with Gasteiger partial charge in [0.1, 0.15) is 0 Å². The first-order chi connectivity index (χ1) is 21.7. The Labute approximate surface area is 264 Å². The molecule has 44 heavy (non-hydrogen) atoms. The molecule has 0 unspecified atom stereocenters. The van der Waals surface area contributed by atoms with E-state index in [0.717, 1.165) is 88.4 Å². The number of carbonyl (C=O) groups is 1. The van der Waals surface area contributed by atoms with Crippen molar-refractivity contribution >= 4 is 11.9 Å². The van der Waals surface area contributed by atoms with Crippen LogP contribution in [0.25, 0.3) is 6.08 Å². The van der Waals surface area contributed by atoms with Gasteiger partial charge in [0.25, 0.3) is 0 Å². The first-order valence-corrected chi connectivity index (χ1v) is 17.9. The molecule has 2 aromatic carbocycles. The Hall–Kier alpha value is -2.95. The molecular weight excluding hydrogens is 548 g/mol. The molecule has 0 saturated heterocycles. The third-order valence-corrected chi connectivity index (χ3v) is 10.0. The summed E-state index contributed by atoms with van der Waals surface area (Å²) in [5.41, 5.74) is 1.48. The zero-order chi connectivity index (χ0) is 30.0. The second-order valence-corrected chi connectivity index (χ2v) is 13.5. The van der Waals surface area contributed by atoms with Crippen molar-refractivity contribution in [2.24, 2.45) is 0 Å². The van der Waals surface area contributed by atoms with Crippen molar-refractivity contribution in [2.75, 3.05) is 0 Å². The van der Waals surface area contributed by atoms with Gasteiger partial charge in [0.05, 0.1) is 30.0 Å². The first-order valence-electron chi connectivity index (χ1n) is 17.9. The largest absolute Gasteiger partial charge is 0.486 e. The van der Waals surface area contributed by atoms with Crippen LogP contribution in [-0.2, 0) is 4.74 Å². The Kier molecular flexibility index (Phi) is 11.2. The smallest absolute Gasteiger partial charge is 0.231 e. The van der Waals surface area contributed by atoms with Crippen molar-refractivity contribution < 1.29 is 23.7 Å². The second kappa shape index (κ2) is 15.9. The quantitative estimate of drug-likeness (QED) is 0.146. The van der Waals surface area contributed by atoms with Gasteiger partial charge in [-0.15, -0.1) is 0 Å². The normalized spacial score (nSPS) is 21.5. The van der Waals surface area contributed by atoms with Gasteiger partial charge in [0.2, 0.25) is 11.5 Å². The Bertz CT molecular complexity index is 1210. The summed E-state index contributed by atoms with van der Waals surface area (Å²) in [4.78, 5) is 14.7. The minimum absolute atomic E-state index is 0.0530. The maximum Gasteiger partial charge on any atom is 0.231 e. The number of rotatable bonds is 11. The van der Waals surface area contributed by atoms with Gasteiger partial charge >= 0.3 is 0 Å². The molecule has 0 aliphatic heterocycles. The SMILES string of the molecule is O=C(/C(=C/c1ccccc1)OC1CCCCC1)c1ccc(OC2CCCCC2)c(OC2CCCCC2)c1OC1CCCCC1. The van der Waals surface area contributed by atoms with Gasteiger partial charge < -0.3 is 18.9 Å². The van der Waals surface area contributed by atoms with E-state index in [9.17, 15) is 4.79 Å². The van der Waals surface area contributed by atoms with Crippen LogP contribution in [0.2, 0.25) is 0 Å². The fraction of sp³-hybridized carbons (Fsp3) is 0.615. The van der Waals surface area contributed by atoms with Crippen molar-refractivity contribution in [1.29, 1.82) is 0 Å². The summed E-state index contributed by atoms with van der Waals surface area (Å²) < 4.78 is 27.1. The van der Waals surface area contributed by atoms with Crippen molar-refractivity contribution in [3.05, 3.63) is 59.4 Å². The van der Waals surface area contributed by atoms with E-state index < -0.39 is 0 Å². The van der Waals surface area contributed by atoms with Crippen LogP contribution in [0, 0.1) is 0 Å². The van der Waals surface area contributed by atoms with E-state index >= 15 is 0 Å². The Balaban J connectivity index is 1.40. The summed E-state index contributed by atoms with van der Waals surface area (Å²) in [6, 6.07) is 13.9. The molecule has 4 aliphatic carbocycles. The number of hydrogen-bond acceptors (Lipinski definition) is 5. The van der Waals surface area contributed by atoms with Crippen LogP contribution in [0.15, 0.2) is 48.2 Å². The van der Waals surface area contributed by atoms with E-state index in [1.165, 1.54) is 51.4 Å². The number of carbonyl (C=O) groups excluding carboxylic acids is 1. The third kappa shape index (κ3) is 8.40. The van der Waals surface area contributed by atoms with Gasteiger partial charge in [0, 0.05) is 0 Å². The molecule has 0 heterocycles. The van der Waals surface area contributed by atoms with Crippen molar-refractivity contribution in [3.63, 3.8) is 0 Å². The van der Waals surface area contributed by atoms with Crippen LogP contribution in [0.5, 0.6) is 17.2 Å². The molecule has 6 rings (SSSR count). The first kappa shape index (κ1) is 31.0. The van der Waals surface area contributed by atoms with Crippen LogP contribution in [-0.4, -0.2) is 30.2 Å². The molecule has 2 aromatic rings. The summed E-state index contributed by atoms with van der Waals surface area (Å²) >= 11 is 0. The maximum atomic E-state index is 14.7. The summed E-state index contributed by atoms with van der Waals surface area (Å²) in [5.74, 6) is 2.18. The van der Waals surface area contributed by atoms with Crippen LogP contribution in [0.3, 0.4) is 0 Å². The van der Waals surface area contributed by atoms with E-state index in [2.05, 4.69) is 0 Å². The molecule has 0 aromatic heterocycles. The van der Waals surface area contributed by atoms with E-state index in [0.29, 0.717) is 22.8 Å². The molecule has 0 atom stereocenters. The van der Waals surface area contributed by atoms with Gasteiger partial charge in [-0.25, -0.2) is 0 Å². The molecule has 5 nitrogen and oxygen atoms in total. The molecule has 0 spiro atoms. The van der Waals surface area contributed by atoms with Crippen molar-refractivity contribution in [3.8, 4) is 17.2 Å². The van der Waals surface area contributed by atoms with Crippen LogP contribution in [0.4, 0.5) is 0 Å². The zero-order valence-electron chi connectivity index (χ0n) is 26.6. The van der Waals surface area contributed by atoms with Gasteiger partial charge in [-0.05, 0) is 127 Å². The molecule has 4 aliphatic rings. The summed E-state index contributed by atoms with van der Waals surface area (Å²) in [7, 11) is 0. The van der Waals surface area contributed by atoms with Gasteiger partial charge in [-0.1, -0.05) is 56.0 Å².